The summed E-state index contributed by atoms with van der Waals surface area (Å²) in [6.07, 6.45) is 1.99. The summed E-state index contributed by atoms with van der Waals surface area (Å²) in [6.45, 7) is 3.95. The molecule has 0 aliphatic heterocycles. The van der Waals surface area contributed by atoms with Crippen LogP contribution in [0, 0.1) is 13.8 Å². The zero-order valence-corrected chi connectivity index (χ0v) is 13.1. The lowest BCUT2D eigenvalue weighted by molar-refractivity contribution is 0.938. The molecule has 0 unspecified atom stereocenters. The lowest BCUT2D eigenvalue weighted by atomic mass is 10.4. The molecule has 3 rings (SSSR count). The standard InChI is InChI=1S/C12H12BrN5S/c1-6-4-18(7(2)15-6)11-10-9(8(13)5-19-10)16-12(14-3)17-11/h4-5H,1-3H3,(H,14,16,17). The summed E-state index contributed by atoms with van der Waals surface area (Å²) in [7, 11) is 1.82. The van der Waals surface area contributed by atoms with Crippen molar-refractivity contribution in [3.63, 3.8) is 0 Å². The summed E-state index contributed by atoms with van der Waals surface area (Å²) in [5, 5.41) is 5.03. The van der Waals surface area contributed by atoms with Crippen LogP contribution in [0.5, 0.6) is 0 Å². The first kappa shape index (κ1) is 12.6. The maximum atomic E-state index is 4.57. The Morgan fingerprint density at radius 2 is 2.05 bits per heavy atom. The fraction of sp³-hybridized carbons (Fsp3) is 0.250. The van der Waals surface area contributed by atoms with Gasteiger partial charge in [0.25, 0.3) is 0 Å². The Morgan fingerprint density at radius 3 is 2.68 bits per heavy atom. The van der Waals surface area contributed by atoms with Gasteiger partial charge < -0.3 is 5.32 Å². The average molecular weight is 338 g/mol. The van der Waals surface area contributed by atoms with Gasteiger partial charge in [-0.05, 0) is 29.8 Å². The minimum Gasteiger partial charge on any atom is -0.357 e. The zero-order valence-electron chi connectivity index (χ0n) is 10.7. The molecule has 0 atom stereocenters. The molecule has 0 saturated carbocycles. The van der Waals surface area contributed by atoms with Crippen molar-refractivity contribution in [2.45, 2.75) is 13.8 Å². The van der Waals surface area contributed by atoms with Gasteiger partial charge in [0.05, 0.1) is 14.9 Å². The largest absolute Gasteiger partial charge is 0.357 e. The van der Waals surface area contributed by atoms with Gasteiger partial charge in [0.1, 0.15) is 11.3 Å². The summed E-state index contributed by atoms with van der Waals surface area (Å²) in [4.78, 5) is 13.5. The van der Waals surface area contributed by atoms with Gasteiger partial charge >= 0.3 is 0 Å². The van der Waals surface area contributed by atoms with Crippen molar-refractivity contribution in [1.29, 1.82) is 0 Å². The molecule has 3 aromatic heterocycles. The fourth-order valence-corrected chi connectivity index (χ4v) is 3.53. The van der Waals surface area contributed by atoms with E-state index in [9.17, 15) is 0 Å². The molecule has 0 aliphatic rings. The van der Waals surface area contributed by atoms with Gasteiger partial charge in [-0.2, -0.15) is 4.98 Å². The van der Waals surface area contributed by atoms with Crippen molar-refractivity contribution >= 4 is 43.4 Å². The van der Waals surface area contributed by atoms with Crippen molar-refractivity contribution in [2.24, 2.45) is 0 Å². The third-order valence-corrected chi connectivity index (χ3v) is 4.68. The molecule has 0 saturated heterocycles. The monoisotopic (exact) mass is 337 g/mol. The quantitative estimate of drug-likeness (QED) is 0.779. The Hall–Kier alpha value is -1.47. The normalized spacial score (nSPS) is 11.2. The van der Waals surface area contributed by atoms with E-state index in [0.717, 1.165) is 32.0 Å². The van der Waals surface area contributed by atoms with Crippen LogP contribution < -0.4 is 5.32 Å². The van der Waals surface area contributed by atoms with Crippen LogP contribution in [0.3, 0.4) is 0 Å². The highest BCUT2D eigenvalue weighted by Gasteiger charge is 2.15. The third-order valence-electron chi connectivity index (χ3n) is 2.81. The summed E-state index contributed by atoms with van der Waals surface area (Å²) in [5.74, 6) is 2.39. The molecular formula is C12H12BrN5S. The molecule has 0 radical (unpaired) electrons. The van der Waals surface area contributed by atoms with E-state index in [0.29, 0.717) is 5.95 Å². The Labute approximate surface area is 122 Å². The van der Waals surface area contributed by atoms with Crippen molar-refractivity contribution < 1.29 is 0 Å². The Kier molecular flexibility index (Phi) is 3.02. The molecule has 19 heavy (non-hydrogen) atoms. The van der Waals surface area contributed by atoms with Gasteiger partial charge in [0, 0.05) is 18.6 Å². The minimum atomic E-state index is 0.604. The maximum absolute atomic E-state index is 4.57. The van der Waals surface area contributed by atoms with Crippen molar-refractivity contribution in [3.8, 4) is 5.82 Å². The number of halogens is 1. The van der Waals surface area contributed by atoms with Gasteiger partial charge in [-0.25, -0.2) is 9.97 Å². The van der Waals surface area contributed by atoms with Crippen LogP contribution in [0.1, 0.15) is 11.5 Å². The summed E-state index contributed by atoms with van der Waals surface area (Å²) >= 11 is 5.15. The highest BCUT2D eigenvalue weighted by molar-refractivity contribution is 9.10. The lowest BCUT2D eigenvalue weighted by Crippen LogP contribution is -2.04. The first-order valence-electron chi connectivity index (χ1n) is 5.75. The number of hydrogen-bond acceptors (Lipinski definition) is 5. The number of aromatic nitrogens is 4. The number of rotatable bonds is 2. The smallest absolute Gasteiger partial charge is 0.225 e. The highest BCUT2D eigenvalue weighted by Crippen LogP contribution is 2.33. The number of anilines is 1. The first-order chi connectivity index (χ1) is 9.10. The summed E-state index contributed by atoms with van der Waals surface area (Å²) in [6, 6.07) is 0. The summed E-state index contributed by atoms with van der Waals surface area (Å²) < 4.78 is 4.04. The number of nitrogens with zero attached hydrogens (tertiary/aromatic N) is 4. The van der Waals surface area contributed by atoms with Gasteiger partial charge in [0.2, 0.25) is 5.95 Å². The number of imidazole rings is 1. The van der Waals surface area contributed by atoms with Crippen LogP contribution in [0.25, 0.3) is 16.0 Å². The second kappa shape index (κ2) is 4.57. The van der Waals surface area contributed by atoms with E-state index in [4.69, 9.17) is 0 Å². The maximum Gasteiger partial charge on any atom is 0.225 e. The molecule has 0 aromatic carbocycles. The summed E-state index contributed by atoms with van der Waals surface area (Å²) in [5.41, 5.74) is 1.90. The molecule has 98 valence electrons. The van der Waals surface area contributed by atoms with E-state index >= 15 is 0 Å². The molecule has 0 bridgehead atoms. The van der Waals surface area contributed by atoms with E-state index in [1.165, 1.54) is 0 Å². The Balaban J connectivity index is 2.36. The van der Waals surface area contributed by atoms with Gasteiger partial charge in [-0.3, -0.25) is 4.57 Å². The minimum absolute atomic E-state index is 0.604. The van der Waals surface area contributed by atoms with Crippen LogP contribution >= 0.6 is 27.3 Å². The van der Waals surface area contributed by atoms with Crippen LogP contribution in [0.2, 0.25) is 0 Å². The van der Waals surface area contributed by atoms with Gasteiger partial charge in [-0.1, -0.05) is 0 Å². The number of fused-ring (bicyclic) bond motifs is 1. The second-order valence-electron chi connectivity index (χ2n) is 4.18. The second-order valence-corrected chi connectivity index (χ2v) is 5.92. The van der Waals surface area contributed by atoms with Crippen LogP contribution in [-0.4, -0.2) is 26.6 Å². The van der Waals surface area contributed by atoms with Crippen LogP contribution in [0.15, 0.2) is 16.0 Å². The molecular weight excluding hydrogens is 326 g/mol. The predicted octanol–water partition coefficient (Wildman–Crippen LogP) is 3.30. The van der Waals surface area contributed by atoms with E-state index in [1.54, 1.807) is 11.3 Å². The molecule has 7 heteroatoms. The van der Waals surface area contributed by atoms with E-state index in [2.05, 4.69) is 36.2 Å². The fourth-order valence-electron chi connectivity index (χ4n) is 1.98. The predicted molar refractivity (Wildman–Crippen MR) is 81.3 cm³/mol. The molecule has 0 fully saturated rings. The van der Waals surface area contributed by atoms with Crippen molar-refractivity contribution in [3.05, 3.63) is 27.6 Å². The number of aryl methyl sites for hydroxylation is 2. The topological polar surface area (TPSA) is 55.6 Å². The SMILES string of the molecule is CNc1nc(-n2cc(C)nc2C)c2scc(Br)c2n1. The molecule has 0 spiro atoms. The van der Waals surface area contributed by atoms with Crippen LogP contribution in [0.4, 0.5) is 5.95 Å². The lowest BCUT2D eigenvalue weighted by Gasteiger charge is -2.07. The Bertz CT molecular complexity index is 761. The molecule has 5 nitrogen and oxygen atoms in total. The van der Waals surface area contributed by atoms with Gasteiger partial charge in [0.15, 0.2) is 5.82 Å². The zero-order chi connectivity index (χ0) is 13.6. The molecule has 3 heterocycles. The molecule has 3 aromatic rings. The van der Waals surface area contributed by atoms with E-state index in [-0.39, 0.29) is 0 Å². The average Bonchev–Trinajstić information content (AvgIpc) is 2.92. The molecule has 1 N–H and O–H groups in total. The van der Waals surface area contributed by atoms with Crippen molar-refractivity contribution in [1.82, 2.24) is 19.5 Å². The third kappa shape index (κ3) is 2.02. The Morgan fingerprint density at radius 1 is 1.26 bits per heavy atom. The highest BCUT2D eigenvalue weighted by atomic mass is 79.9. The van der Waals surface area contributed by atoms with Gasteiger partial charge in [-0.15, -0.1) is 11.3 Å². The van der Waals surface area contributed by atoms with Crippen molar-refractivity contribution in [2.75, 3.05) is 12.4 Å². The molecule has 0 amide bonds. The molecule has 0 aliphatic carbocycles. The number of thiophene rings is 1. The van der Waals surface area contributed by atoms with E-state index < -0.39 is 0 Å². The van der Waals surface area contributed by atoms with E-state index in [1.807, 2.05) is 37.0 Å². The van der Waals surface area contributed by atoms with Crippen LogP contribution in [-0.2, 0) is 0 Å². The number of hydrogen-bond donors (Lipinski definition) is 1. The number of nitrogens with one attached hydrogen (secondary N) is 1. The first-order valence-corrected chi connectivity index (χ1v) is 7.43.